The smallest absolute Gasteiger partial charge is 0.462 e. The third kappa shape index (κ3) is 38.6. The van der Waals surface area contributed by atoms with Gasteiger partial charge in [-0.15, -0.1) is 0 Å². The average Bonchev–Trinajstić information content (AvgIpc) is 3.08. The summed E-state index contributed by atoms with van der Waals surface area (Å²) in [6.07, 6.45) is 45.2. The first-order valence-electron chi connectivity index (χ1n) is 19.6. The first-order valence-corrected chi connectivity index (χ1v) is 21.1. The summed E-state index contributed by atoms with van der Waals surface area (Å²) in [6.45, 7) is 3.52. The first kappa shape index (κ1) is 47.8. The quantitative estimate of drug-likeness (QED) is 0.0287. The molecule has 0 saturated heterocycles. The largest absolute Gasteiger partial charge is 0.469 e. The summed E-state index contributed by atoms with van der Waals surface area (Å²) in [5, 5.41) is 0. The standard InChI is InChI=1S/C41H71O8P/c1-3-5-7-9-11-13-15-17-19-20-22-24-26-28-30-32-34-36-41(43)49-39(38-48-50(44,45)46)37-47-40(42)35-33-31-29-27-25-23-21-18-16-14-12-10-8-6-4-2/h5,7,11,13,17,19,22,24,28,30,39H,3-4,6,8-10,12,14-16,18,20-21,23,25-27,29,31-38H2,1-2H3,(H2,44,45,46)/b7-5-,13-11-,19-17-,24-22-,30-28-/t39-/m1/s1. The second kappa shape index (κ2) is 36.5. The molecule has 0 aliphatic carbocycles. The Labute approximate surface area is 305 Å². The van der Waals surface area contributed by atoms with Gasteiger partial charge in [0, 0.05) is 12.8 Å². The molecular formula is C41H71O8P. The van der Waals surface area contributed by atoms with Crippen LogP contribution in [0.25, 0.3) is 0 Å². The minimum atomic E-state index is -4.77. The predicted molar refractivity (Wildman–Crippen MR) is 207 cm³/mol. The van der Waals surface area contributed by atoms with Crippen molar-refractivity contribution < 1.29 is 37.9 Å². The summed E-state index contributed by atoms with van der Waals surface area (Å²) in [5.74, 6) is -0.953. The fraction of sp³-hybridized carbons (Fsp3) is 0.707. The molecule has 288 valence electrons. The summed E-state index contributed by atoms with van der Waals surface area (Å²) >= 11 is 0. The van der Waals surface area contributed by atoms with Gasteiger partial charge in [0.05, 0.1) is 6.61 Å². The number of phosphoric ester groups is 1. The van der Waals surface area contributed by atoms with Gasteiger partial charge in [0.2, 0.25) is 0 Å². The highest BCUT2D eigenvalue weighted by atomic mass is 31.2. The summed E-state index contributed by atoms with van der Waals surface area (Å²) < 4.78 is 26.3. The molecule has 0 unspecified atom stereocenters. The van der Waals surface area contributed by atoms with Gasteiger partial charge in [0.15, 0.2) is 6.10 Å². The van der Waals surface area contributed by atoms with Crippen molar-refractivity contribution >= 4 is 19.8 Å². The molecule has 0 fully saturated rings. The maximum atomic E-state index is 12.4. The number of esters is 2. The van der Waals surface area contributed by atoms with E-state index in [2.05, 4.69) is 67.0 Å². The first-order chi connectivity index (χ1) is 24.3. The van der Waals surface area contributed by atoms with Crippen LogP contribution in [0, 0.1) is 0 Å². The summed E-state index contributed by atoms with van der Waals surface area (Å²) in [7, 11) is -4.77. The van der Waals surface area contributed by atoms with Crippen LogP contribution in [0.3, 0.4) is 0 Å². The molecule has 0 heterocycles. The summed E-state index contributed by atoms with van der Waals surface area (Å²) in [6, 6.07) is 0. The van der Waals surface area contributed by atoms with Gasteiger partial charge in [0.1, 0.15) is 6.61 Å². The molecule has 0 aromatic rings. The van der Waals surface area contributed by atoms with Crippen LogP contribution >= 0.6 is 7.82 Å². The predicted octanol–water partition coefficient (Wildman–Crippen LogP) is 11.7. The van der Waals surface area contributed by atoms with Gasteiger partial charge in [-0.3, -0.25) is 14.1 Å². The van der Waals surface area contributed by atoms with Gasteiger partial charge in [-0.25, -0.2) is 4.57 Å². The minimum Gasteiger partial charge on any atom is -0.462 e. The second-order valence-corrected chi connectivity index (χ2v) is 14.1. The fourth-order valence-corrected chi connectivity index (χ4v) is 5.53. The van der Waals surface area contributed by atoms with E-state index in [1.807, 2.05) is 12.2 Å². The lowest BCUT2D eigenvalue weighted by atomic mass is 10.0. The maximum Gasteiger partial charge on any atom is 0.469 e. The van der Waals surface area contributed by atoms with E-state index in [0.29, 0.717) is 12.8 Å². The number of rotatable bonds is 35. The SMILES string of the molecule is CC/C=C\C/C=C\C/C=C\C/C=C\C/C=C\CCCC(=O)O[C@H](COC(=O)CCCCCCCCCCCCCCCCC)COP(=O)(O)O. The van der Waals surface area contributed by atoms with E-state index in [1.54, 1.807) is 0 Å². The third-order valence-corrected chi connectivity index (χ3v) is 8.54. The van der Waals surface area contributed by atoms with E-state index in [4.69, 9.17) is 19.3 Å². The zero-order valence-corrected chi connectivity index (χ0v) is 32.4. The Hall–Kier alpha value is -2.25. The number of carbonyl (C=O) groups is 2. The van der Waals surface area contributed by atoms with E-state index in [9.17, 15) is 14.2 Å². The van der Waals surface area contributed by atoms with E-state index in [0.717, 1.165) is 51.4 Å². The maximum absolute atomic E-state index is 12.4. The molecule has 0 saturated carbocycles. The molecule has 2 N–H and O–H groups in total. The van der Waals surface area contributed by atoms with Crippen molar-refractivity contribution in [2.24, 2.45) is 0 Å². The highest BCUT2D eigenvalue weighted by molar-refractivity contribution is 7.46. The monoisotopic (exact) mass is 722 g/mol. The normalized spacial score (nSPS) is 13.1. The number of hydrogen-bond donors (Lipinski definition) is 2. The number of carbonyl (C=O) groups excluding carboxylic acids is 2. The molecule has 0 aromatic heterocycles. The minimum absolute atomic E-state index is 0.133. The van der Waals surface area contributed by atoms with Crippen LogP contribution in [0.5, 0.6) is 0 Å². The van der Waals surface area contributed by atoms with E-state index < -0.39 is 32.5 Å². The Morgan fingerprint density at radius 1 is 0.540 bits per heavy atom. The van der Waals surface area contributed by atoms with Gasteiger partial charge >= 0.3 is 19.8 Å². The number of unbranched alkanes of at least 4 members (excludes halogenated alkanes) is 15. The molecule has 8 nitrogen and oxygen atoms in total. The molecular weight excluding hydrogens is 651 g/mol. The van der Waals surface area contributed by atoms with Gasteiger partial charge in [0.25, 0.3) is 0 Å². The van der Waals surface area contributed by atoms with E-state index >= 15 is 0 Å². The topological polar surface area (TPSA) is 119 Å². The van der Waals surface area contributed by atoms with Gasteiger partial charge in [-0.05, 0) is 51.4 Å². The number of ether oxygens (including phenoxy) is 2. The Morgan fingerprint density at radius 3 is 1.42 bits per heavy atom. The van der Waals surface area contributed by atoms with Crippen LogP contribution in [-0.2, 0) is 28.2 Å². The molecule has 0 aromatic carbocycles. The Balaban J connectivity index is 4.05. The van der Waals surface area contributed by atoms with E-state index in [1.165, 1.54) is 77.0 Å². The summed E-state index contributed by atoms with van der Waals surface area (Å²) in [4.78, 5) is 42.7. The van der Waals surface area contributed by atoms with Crippen molar-refractivity contribution in [2.45, 2.75) is 174 Å². The molecule has 9 heteroatoms. The van der Waals surface area contributed by atoms with Crippen LogP contribution in [-0.4, -0.2) is 41.0 Å². The van der Waals surface area contributed by atoms with Crippen LogP contribution in [0.2, 0.25) is 0 Å². The van der Waals surface area contributed by atoms with Crippen molar-refractivity contribution in [2.75, 3.05) is 13.2 Å². The molecule has 0 rings (SSSR count). The molecule has 50 heavy (non-hydrogen) atoms. The zero-order valence-electron chi connectivity index (χ0n) is 31.5. The highest BCUT2D eigenvalue weighted by Crippen LogP contribution is 2.36. The van der Waals surface area contributed by atoms with Crippen LogP contribution in [0.15, 0.2) is 60.8 Å². The number of phosphoric acid groups is 1. The van der Waals surface area contributed by atoms with Crippen LogP contribution in [0.1, 0.15) is 168 Å². The molecule has 0 amide bonds. The van der Waals surface area contributed by atoms with Crippen molar-refractivity contribution in [3.05, 3.63) is 60.8 Å². The van der Waals surface area contributed by atoms with Crippen molar-refractivity contribution in [3.63, 3.8) is 0 Å². The lowest BCUT2D eigenvalue weighted by Crippen LogP contribution is -2.29. The number of hydrogen-bond acceptors (Lipinski definition) is 6. The van der Waals surface area contributed by atoms with Crippen molar-refractivity contribution in [3.8, 4) is 0 Å². The fourth-order valence-electron chi connectivity index (χ4n) is 5.17. The highest BCUT2D eigenvalue weighted by Gasteiger charge is 2.22. The number of allylic oxidation sites excluding steroid dienone is 10. The Bertz CT molecular complexity index is 995. The lowest BCUT2D eigenvalue weighted by molar-refractivity contribution is -0.161. The Morgan fingerprint density at radius 2 is 0.960 bits per heavy atom. The molecule has 0 aliphatic rings. The third-order valence-electron chi connectivity index (χ3n) is 8.05. The van der Waals surface area contributed by atoms with Crippen molar-refractivity contribution in [1.82, 2.24) is 0 Å². The van der Waals surface area contributed by atoms with Gasteiger partial charge in [-0.2, -0.15) is 0 Å². The zero-order chi connectivity index (χ0) is 36.8. The average molecular weight is 723 g/mol. The molecule has 1 atom stereocenters. The second-order valence-electron chi connectivity index (χ2n) is 12.9. The van der Waals surface area contributed by atoms with Crippen LogP contribution in [0.4, 0.5) is 0 Å². The van der Waals surface area contributed by atoms with Gasteiger partial charge in [-0.1, -0.05) is 164 Å². The van der Waals surface area contributed by atoms with Crippen molar-refractivity contribution in [1.29, 1.82) is 0 Å². The molecule has 0 radical (unpaired) electrons. The van der Waals surface area contributed by atoms with E-state index in [-0.39, 0.29) is 19.4 Å². The molecule has 0 aliphatic heterocycles. The van der Waals surface area contributed by atoms with Crippen LogP contribution < -0.4 is 0 Å². The summed E-state index contributed by atoms with van der Waals surface area (Å²) in [5.41, 5.74) is 0. The Kier molecular flexibility index (Phi) is 34.9. The molecule has 0 spiro atoms. The lowest BCUT2D eigenvalue weighted by Gasteiger charge is -2.18. The van der Waals surface area contributed by atoms with Gasteiger partial charge < -0.3 is 19.3 Å². The molecule has 0 bridgehead atoms.